The average molecular weight is 343 g/mol. The number of benzene rings is 2. The van der Waals surface area contributed by atoms with Crippen molar-refractivity contribution >= 4 is 4.12 Å². The quantitative estimate of drug-likeness (QED) is 0.746. The van der Waals surface area contributed by atoms with Crippen LogP contribution in [0.4, 0.5) is 0 Å². The minimum absolute atomic E-state index is 1.30. The zero-order valence-electron chi connectivity index (χ0n) is 7.05. The molecule has 0 aromatic heterocycles. The molecular weight excluding hydrogens is 334 g/mol. The summed E-state index contributed by atoms with van der Waals surface area (Å²) in [7, 11) is 0. The predicted octanol–water partition coefficient (Wildman–Crippen LogP) is 2.53. The van der Waals surface area contributed by atoms with Crippen molar-refractivity contribution in [2.45, 2.75) is 0 Å². The minimum atomic E-state index is 1.30. The van der Waals surface area contributed by atoms with Gasteiger partial charge in [0, 0.05) is 0 Å². The van der Waals surface area contributed by atoms with E-state index in [0.29, 0.717) is 0 Å². The van der Waals surface area contributed by atoms with E-state index in [4.69, 9.17) is 0 Å². The van der Waals surface area contributed by atoms with Crippen molar-refractivity contribution in [2.75, 3.05) is 0 Å². The molecule has 65 valence electrons. The van der Waals surface area contributed by atoms with Crippen LogP contribution in [0.1, 0.15) is 0 Å². The van der Waals surface area contributed by atoms with E-state index in [1.165, 1.54) is 15.2 Å². The third-order valence-corrected chi connectivity index (χ3v) is 3.06. The third-order valence-electron chi connectivity index (χ3n) is 1.95. The molecule has 0 heterocycles. The third kappa shape index (κ3) is 1.87. The standard InChI is InChI=1S/C12H9.Os/c1-3-7-11(8-4-1)12-9-5-2-6-10-12;/h1-9H;. The monoisotopic (exact) mass is 345 g/mol. The van der Waals surface area contributed by atoms with Crippen molar-refractivity contribution in [3.8, 4) is 11.1 Å². The molecule has 2 aromatic rings. The van der Waals surface area contributed by atoms with Gasteiger partial charge >= 0.3 is 88.4 Å². The first kappa shape index (κ1) is 8.66. The molecule has 0 saturated heterocycles. The van der Waals surface area contributed by atoms with Crippen LogP contribution in [0.3, 0.4) is 0 Å². The summed E-state index contributed by atoms with van der Waals surface area (Å²) < 4.78 is 1.36. The molecule has 13 heavy (non-hydrogen) atoms. The van der Waals surface area contributed by atoms with Gasteiger partial charge in [0.05, 0.1) is 0 Å². The Morgan fingerprint density at radius 3 is 2.00 bits per heavy atom. The van der Waals surface area contributed by atoms with E-state index in [2.05, 4.69) is 48.5 Å². The van der Waals surface area contributed by atoms with E-state index in [-0.39, 0.29) is 0 Å². The molecule has 0 unspecified atom stereocenters. The van der Waals surface area contributed by atoms with Gasteiger partial charge in [0.25, 0.3) is 0 Å². The van der Waals surface area contributed by atoms with Gasteiger partial charge in [-0.25, -0.2) is 0 Å². The molecule has 2 aromatic carbocycles. The van der Waals surface area contributed by atoms with Crippen LogP contribution in [-0.4, -0.2) is 0 Å². The summed E-state index contributed by atoms with van der Waals surface area (Å²) in [6.07, 6.45) is 0. The summed E-state index contributed by atoms with van der Waals surface area (Å²) in [5.74, 6) is 0. The first-order chi connectivity index (χ1) is 6.38. The van der Waals surface area contributed by atoms with Crippen LogP contribution in [0, 0.1) is 0 Å². The molecule has 0 bridgehead atoms. The Hall–Kier alpha value is -0.924. The molecule has 0 radical (unpaired) electrons. The summed E-state index contributed by atoms with van der Waals surface area (Å²) in [6.45, 7) is 0. The SMILES string of the molecule is [Os][c]1ccccc1-c1ccccc1. The summed E-state index contributed by atoms with van der Waals surface area (Å²) >= 11 is 1.94. The molecule has 0 N–H and O–H groups in total. The number of hydrogen-bond acceptors (Lipinski definition) is 0. The van der Waals surface area contributed by atoms with E-state index in [0.717, 1.165) is 0 Å². The first-order valence-corrected chi connectivity index (χ1v) is 5.44. The molecular formula is C12H9Os. The van der Waals surface area contributed by atoms with Gasteiger partial charge in [0.1, 0.15) is 0 Å². The molecule has 0 atom stereocenters. The van der Waals surface area contributed by atoms with Crippen molar-refractivity contribution in [2.24, 2.45) is 0 Å². The van der Waals surface area contributed by atoms with Gasteiger partial charge in [0.2, 0.25) is 0 Å². The molecule has 0 aliphatic carbocycles. The zero-order chi connectivity index (χ0) is 9.10. The van der Waals surface area contributed by atoms with E-state index in [9.17, 15) is 0 Å². The van der Waals surface area contributed by atoms with Gasteiger partial charge in [-0.15, -0.1) is 0 Å². The fourth-order valence-electron chi connectivity index (χ4n) is 1.31. The van der Waals surface area contributed by atoms with Crippen LogP contribution in [0.15, 0.2) is 54.6 Å². The average Bonchev–Trinajstić information content (AvgIpc) is 2.20. The molecule has 0 spiro atoms. The van der Waals surface area contributed by atoms with E-state index in [1.807, 2.05) is 24.7 Å². The fraction of sp³-hybridized carbons (Fsp3) is 0. The van der Waals surface area contributed by atoms with Crippen molar-refractivity contribution < 1.29 is 18.6 Å². The maximum atomic E-state index is 2.16. The molecule has 0 fully saturated rings. The van der Waals surface area contributed by atoms with Crippen molar-refractivity contribution in [1.29, 1.82) is 0 Å². The Morgan fingerprint density at radius 2 is 1.31 bits per heavy atom. The van der Waals surface area contributed by atoms with Gasteiger partial charge in [0.15, 0.2) is 0 Å². The summed E-state index contributed by atoms with van der Waals surface area (Å²) in [5, 5.41) is 0. The van der Waals surface area contributed by atoms with Crippen LogP contribution in [0.2, 0.25) is 0 Å². The topological polar surface area (TPSA) is 0 Å². The first-order valence-electron chi connectivity index (χ1n) is 4.16. The van der Waals surface area contributed by atoms with Gasteiger partial charge in [-0.05, 0) is 0 Å². The Balaban J connectivity index is 2.54. The molecule has 0 saturated carbocycles. The van der Waals surface area contributed by atoms with Gasteiger partial charge in [-0.3, -0.25) is 0 Å². The summed E-state index contributed by atoms with van der Waals surface area (Å²) in [6, 6.07) is 19.0. The zero-order valence-corrected chi connectivity index (χ0v) is 9.59. The van der Waals surface area contributed by atoms with E-state index < -0.39 is 0 Å². The van der Waals surface area contributed by atoms with Crippen molar-refractivity contribution in [1.82, 2.24) is 0 Å². The Morgan fingerprint density at radius 1 is 0.692 bits per heavy atom. The van der Waals surface area contributed by atoms with E-state index >= 15 is 0 Å². The van der Waals surface area contributed by atoms with Gasteiger partial charge in [-0.1, -0.05) is 0 Å². The summed E-state index contributed by atoms with van der Waals surface area (Å²) in [4.78, 5) is 0. The van der Waals surface area contributed by atoms with Crippen molar-refractivity contribution in [3.63, 3.8) is 0 Å². The van der Waals surface area contributed by atoms with Crippen LogP contribution in [0.5, 0.6) is 0 Å². The fourth-order valence-corrected chi connectivity index (χ4v) is 2.13. The molecule has 0 nitrogen and oxygen atoms in total. The van der Waals surface area contributed by atoms with Crippen LogP contribution < -0.4 is 4.12 Å². The predicted molar refractivity (Wildman–Crippen MR) is 51.5 cm³/mol. The maximum absolute atomic E-state index is 2.16. The number of rotatable bonds is 1. The molecule has 1 heteroatoms. The van der Waals surface area contributed by atoms with Crippen LogP contribution >= 0.6 is 0 Å². The second-order valence-electron chi connectivity index (χ2n) is 2.83. The Labute approximate surface area is 88.5 Å². The molecule has 0 aliphatic rings. The van der Waals surface area contributed by atoms with Crippen molar-refractivity contribution in [3.05, 3.63) is 54.6 Å². The van der Waals surface area contributed by atoms with Crippen LogP contribution in [0.25, 0.3) is 11.1 Å². The normalized spacial score (nSPS) is 9.92. The van der Waals surface area contributed by atoms with Gasteiger partial charge < -0.3 is 0 Å². The second kappa shape index (κ2) is 3.86. The number of hydrogen-bond donors (Lipinski definition) is 0. The summed E-state index contributed by atoms with van der Waals surface area (Å²) in [5.41, 5.74) is 2.63. The Bertz CT molecular complexity index is 393. The second-order valence-corrected chi connectivity index (χ2v) is 4.20. The van der Waals surface area contributed by atoms with Gasteiger partial charge in [-0.2, -0.15) is 0 Å². The van der Waals surface area contributed by atoms with Crippen LogP contribution in [-0.2, 0) is 18.6 Å². The molecule has 2 rings (SSSR count). The Kier molecular flexibility index (Phi) is 2.57. The molecule has 0 amide bonds. The molecule has 0 aliphatic heterocycles. The van der Waals surface area contributed by atoms with E-state index in [1.54, 1.807) is 0 Å².